The highest BCUT2D eigenvalue weighted by Gasteiger charge is 2.31. The number of unbranched alkanes of at least 4 members (excludes halogenated alkanes) is 2. The molecular weight excluding hydrogens is 456 g/mol. The summed E-state index contributed by atoms with van der Waals surface area (Å²) in [5.41, 5.74) is 3.14. The van der Waals surface area contributed by atoms with Crippen LogP contribution in [0, 0.1) is 6.92 Å². The van der Waals surface area contributed by atoms with Gasteiger partial charge in [0.1, 0.15) is 4.32 Å². The van der Waals surface area contributed by atoms with E-state index >= 15 is 0 Å². The van der Waals surface area contributed by atoms with Crippen LogP contribution in [-0.2, 0) is 14.3 Å². The third-order valence-corrected chi connectivity index (χ3v) is 6.59. The van der Waals surface area contributed by atoms with Gasteiger partial charge in [-0.3, -0.25) is 14.5 Å². The number of thiocarbonyl (C=S) groups is 1. The molecule has 3 rings (SSSR count). The van der Waals surface area contributed by atoms with Crippen molar-refractivity contribution in [3.8, 4) is 0 Å². The molecule has 2 amide bonds. The average Bonchev–Trinajstić information content (AvgIpc) is 3.07. The molecule has 0 saturated carbocycles. The van der Waals surface area contributed by atoms with Gasteiger partial charge in [-0.1, -0.05) is 60.7 Å². The number of amides is 2. The summed E-state index contributed by atoms with van der Waals surface area (Å²) in [5.74, 6) is -0.518. The lowest BCUT2D eigenvalue weighted by Gasteiger charge is -2.14. The van der Waals surface area contributed by atoms with E-state index in [-0.39, 0.29) is 11.8 Å². The molecule has 0 spiro atoms. The predicted molar refractivity (Wildman–Crippen MR) is 136 cm³/mol. The second-order valence-corrected chi connectivity index (χ2v) is 9.30. The zero-order valence-corrected chi connectivity index (χ0v) is 20.3. The van der Waals surface area contributed by atoms with Crippen molar-refractivity contribution in [1.82, 2.24) is 4.90 Å². The van der Waals surface area contributed by atoms with Crippen molar-refractivity contribution < 1.29 is 19.1 Å². The van der Waals surface area contributed by atoms with Crippen molar-refractivity contribution >= 4 is 57.8 Å². The van der Waals surface area contributed by atoms with Gasteiger partial charge in [-0.15, -0.1) is 0 Å². The van der Waals surface area contributed by atoms with E-state index < -0.39 is 5.97 Å². The summed E-state index contributed by atoms with van der Waals surface area (Å²) >= 11 is 6.66. The van der Waals surface area contributed by atoms with Crippen LogP contribution in [-0.4, -0.2) is 40.7 Å². The fourth-order valence-electron chi connectivity index (χ4n) is 3.34. The summed E-state index contributed by atoms with van der Waals surface area (Å²) in [6.45, 7) is 2.49. The Bertz CT molecular complexity index is 1080. The van der Waals surface area contributed by atoms with E-state index in [0.29, 0.717) is 27.8 Å². The maximum Gasteiger partial charge on any atom is 0.337 e. The van der Waals surface area contributed by atoms with Crippen molar-refractivity contribution in [3.63, 3.8) is 0 Å². The number of nitrogens with zero attached hydrogens (tertiary/aromatic N) is 1. The Morgan fingerprint density at radius 1 is 1.09 bits per heavy atom. The normalized spacial score (nSPS) is 14.6. The zero-order chi connectivity index (χ0) is 23.8. The van der Waals surface area contributed by atoms with Crippen LogP contribution in [0.2, 0.25) is 0 Å². The molecule has 8 heteroatoms. The lowest BCUT2D eigenvalue weighted by Crippen LogP contribution is -2.29. The monoisotopic (exact) mass is 482 g/mol. The maximum atomic E-state index is 12.8. The van der Waals surface area contributed by atoms with E-state index in [0.717, 1.165) is 36.1 Å². The fraction of sp³-hybridized carbons (Fsp3) is 0.280. The first kappa shape index (κ1) is 24.7. The molecule has 2 aromatic carbocycles. The molecule has 1 heterocycles. The van der Waals surface area contributed by atoms with Gasteiger partial charge in [0, 0.05) is 18.7 Å². The Labute approximate surface area is 203 Å². The van der Waals surface area contributed by atoms with Crippen molar-refractivity contribution in [1.29, 1.82) is 0 Å². The van der Waals surface area contributed by atoms with Crippen LogP contribution in [0.1, 0.15) is 47.2 Å². The minimum Gasteiger partial charge on any atom is -0.465 e. The molecule has 0 radical (unpaired) electrons. The smallest absolute Gasteiger partial charge is 0.337 e. The van der Waals surface area contributed by atoms with Gasteiger partial charge in [0.25, 0.3) is 5.91 Å². The molecular formula is C25H26N2O4S2. The molecule has 1 aliphatic rings. The molecule has 0 aliphatic carbocycles. The summed E-state index contributed by atoms with van der Waals surface area (Å²) < 4.78 is 5.23. The predicted octanol–water partition coefficient (Wildman–Crippen LogP) is 5.18. The molecule has 0 unspecified atom stereocenters. The minimum atomic E-state index is -0.402. The van der Waals surface area contributed by atoms with Crippen LogP contribution in [0.5, 0.6) is 0 Å². The van der Waals surface area contributed by atoms with Crippen LogP contribution in [0.3, 0.4) is 0 Å². The number of nitrogens with one attached hydrogen (secondary N) is 1. The molecule has 2 aromatic rings. The van der Waals surface area contributed by atoms with Crippen molar-refractivity contribution in [2.45, 2.75) is 32.6 Å². The lowest BCUT2D eigenvalue weighted by molar-refractivity contribution is -0.122. The second-order valence-electron chi connectivity index (χ2n) is 7.62. The number of anilines is 1. The number of thioether (sulfide) groups is 1. The third-order valence-electron chi connectivity index (χ3n) is 5.21. The van der Waals surface area contributed by atoms with Crippen LogP contribution in [0.4, 0.5) is 5.69 Å². The van der Waals surface area contributed by atoms with Crippen LogP contribution < -0.4 is 5.32 Å². The third kappa shape index (κ3) is 6.76. The number of ether oxygens (including phenoxy) is 1. The summed E-state index contributed by atoms with van der Waals surface area (Å²) in [4.78, 5) is 38.6. The first-order valence-corrected chi connectivity index (χ1v) is 11.9. The van der Waals surface area contributed by atoms with Gasteiger partial charge < -0.3 is 10.1 Å². The zero-order valence-electron chi connectivity index (χ0n) is 18.6. The van der Waals surface area contributed by atoms with Crippen LogP contribution >= 0.6 is 24.0 Å². The largest absolute Gasteiger partial charge is 0.465 e. The Balaban J connectivity index is 1.44. The van der Waals surface area contributed by atoms with Crippen LogP contribution in [0.25, 0.3) is 6.08 Å². The van der Waals surface area contributed by atoms with Crippen LogP contribution in [0.15, 0.2) is 53.4 Å². The Morgan fingerprint density at radius 2 is 1.82 bits per heavy atom. The van der Waals surface area contributed by atoms with E-state index in [4.69, 9.17) is 17.0 Å². The SMILES string of the molecule is COC(=O)c1ccc(C=C2SC(=S)N(CCCCCC(=O)Nc3ccccc3C)C2=O)cc1. The highest BCUT2D eigenvalue weighted by Crippen LogP contribution is 2.32. The highest BCUT2D eigenvalue weighted by molar-refractivity contribution is 8.26. The van der Waals surface area contributed by atoms with Gasteiger partial charge in [-0.05, 0) is 55.2 Å². The summed E-state index contributed by atoms with van der Waals surface area (Å²) in [7, 11) is 1.34. The molecule has 0 aromatic heterocycles. The first-order valence-electron chi connectivity index (χ1n) is 10.7. The number of para-hydroxylation sites is 1. The fourth-order valence-corrected chi connectivity index (χ4v) is 4.64. The number of carbonyl (C=O) groups excluding carboxylic acids is 3. The molecule has 1 saturated heterocycles. The van der Waals surface area contributed by atoms with E-state index in [2.05, 4.69) is 5.32 Å². The van der Waals surface area contributed by atoms with Gasteiger partial charge in [0.15, 0.2) is 0 Å². The van der Waals surface area contributed by atoms with E-state index in [1.165, 1.54) is 18.9 Å². The van der Waals surface area contributed by atoms with E-state index in [1.807, 2.05) is 31.2 Å². The van der Waals surface area contributed by atoms with Gasteiger partial charge in [0.05, 0.1) is 17.6 Å². The topological polar surface area (TPSA) is 75.7 Å². The molecule has 172 valence electrons. The molecule has 0 bridgehead atoms. The Hall–Kier alpha value is -2.97. The highest BCUT2D eigenvalue weighted by atomic mass is 32.2. The Kier molecular flexibility index (Phi) is 8.79. The van der Waals surface area contributed by atoms with Gasteiger partial charge >= 0.3 is 5.97 Å². The number of hydrogen-bond acceptors (Lipinski definition) is 6. The number of methoxy groups -OCH3 is 1. The average molecular weight is 483 g/mol. The van der Waals surface area contributed by atoms with E-state index in [9.17, 15) is 14.4 Å². The van der Waals surface area contributed by atoms with Gasteiger partial charge in [-0.2, -0.15) is 0 Å². The molecule has 0 atom stereocenters. The number of benzene rings is 2. The minimum absolute atomic E-state index is 0.00365. The summed E-state index contributed by atoms with van der Waals surface area (Å²) in [6, 6.07) is 14.5. The number of hydrogen-bond donors (Lipinski definition) is 1. The second kappa shape index (κ2) is 11.8. The molecule has 33 heavy (non-hydrogen) atoms. The molecule has 1 N–H and O–H groups in total. The number of rotatable bonds is 9. The van der Waals surface area contributed by atoms with Crippen molar-refractivity contribution in [2.24, 2.45) is 0 Å². The Morgan fingerprint density at radius 3 is 2.52 bits per heavy atom. The number of esters is 1. The van der Waals surface area contributed by atoms with Crippen molar-refractivity contribution in [3.05, 3.63) is 70.1 Å². The van der Waals surface area contributed by atoms with Crippen molar-refractivity contribution in [2.75, 3.05) is 19.0 Å². The first-order chi connectivity index (χ1) is 15.9. The number of aryl methyl sites for hydroxylation is 1. The quantitative estimate of drug-likeness (QED) is 0.230. The van der Waals surface area contributed by atoms with Gasteiger partial charge in [-0.25, -0.2) is 4.79 Å². The summed E-state index contributed by atoms with van der Waals surface area (Å²) in [5, 5.41) is 2.94. The van der Waals surface area contributed by atoms with Gasteiger partial charge in [0.2, 0.25) is 5.91 Å². The number of carbonyl (C=O) groups is 3. The standard InChI is InChI=1S/C25H26N2O4S2/c1-17-8-5-6-9-20(17)26-22(28)10-4-3-7-15-27-23(29)21(33-25(27)32)16-18-11-13-19(14-12-18)24(30)31-2/h5-6,8-9,11-14,16H,3-4,7,10,15H2,1-2H3,(H,26,28). The molecule has 1 aliphatic heterocycles. The lowest BCUT2D eigenvalue weighted by atomic mass is 10.1. The summed E-state index contributed by atoms with van der Waals surface area (Å²) in [6.07, 6.45) is 4.55. The molecule has 1 fully saturated rings. The van der Waals surface area contributed by atoms with E-state index in [1.54, 1.807) is 35.2 Å². The molecule has 6 nitrogen and oxygen atoms in total. The maximum absolute atomic E-state index is 12.8.